The highest BCUT2D eigenvalue weighted by Gasteiger charge is 2.32. The third-order valence-electron chi connectivity index (χ3n) is 2.91. The SMILES string of the molecule is CC(C)(C)C(=O)CN1C=Nc2ccccc2S1(=O)=O. The lowest BCUT2D eigenvalue weighted by molar-refractivity contribution is -0.125. The van der Waals surface area contributed by atoms with Gasteiger partial charge in [0.15, 0.2) is 5.78 Å². The predicted octanol–water partition coefficient (Wildman–Crippen LogP) is 1.97. The average Bonchev–Trinajstić information content (AvgIpc) is 2.32. The molecule has 0 unspecified atom stereocenters. The van der Waals surface area contributed by atoms with Gasteiger partial charge in [0.1, 0.15) is 11.2 Å². The molecule has 0 fully saturated rings. The van der Waals surface area contributed by atoms with Crippen molar-refractivity contribution < 1.29 is 13.2 Å². The summed E-state index contributed by atoms with van der Waals surface area (Å²) in [7, 11) is -3.68. The maximum atomic E-state index is 12.3. The van der Waals surface area contributed by atoms with Gasteiger partial charge in [-0.1, -0.05) is 32.9 Å². The van der Waals surface area contributed by atoms with Gasteiger partial charge in [0, 0.05) is 5.41 Å². The molecule has 0 radical (unpaired) electrons. The standard InChI is InChI=1S/C13H16N2O3S/c1-13(2,3)12(16)8-15-9-14-10-6-4-5-7-11(10)19(15,17)18/h4-7,9H,8H2,1-3H3. The molecule has 1 aliphatic rings. The van der Waals surface area contributed by atoms with Gasteiger partial charge in [-0.15, -0.1) is 0 Å². The van der Waals surface area contributed by atoms with Gasteiger partial charge < -0.3 is 0 Å². The fraction of sp³-hybridized carbons (Fsp3) is 0.385. The van der Waals surface area contributed by atoms with E-state index in [1.807, 2.05) is 0 Å². The molecule has 0 saturated heterocycles. The summed E-state index contributed by atoms with van der Waals surface area (Å²) >= 11 is 0. The smallest absolute Gasteiger partial charge is 0.267 e. The second-order valence-corrected chi connectivity index (χ2v) is 7.29. The molecule has 5 nitrogen and oxygen atoms in total. The van der Waals surface area contributed by atoms with Crippen molar-refractivity contribution in [3.8, 4) is 0 Å². The summed E-state index contributed by atoms with van der Waals surface area (Å²) in [5.41, 5.74) is -0.178. The monoisotopic (exact) mass is 280 g/mol. The zero-order chi connectivity index (χ0) is 14.3. The number of Topliss-reactive ketones (excluding diaryl/α,β-unsaturated/α-hetero) is 1. The Morgan fingerprint density at radius 1 is 1.26 bits per heavy atom. The summed E-state index contributed by atoms with van der Waals surface area (Å²) < 4.78 is 25.7. The average molecular weight is 280 g/mol. The number of aliphatic imine (C=N–C) groups is 1. The molecule has 0 saturated carbocycles. The minimum atomic E-state index is -3.68. The van der Waals surface area contributed by atoms with Crippen LogP contribution in [0.5, 0.6) is 0 Å². The number of nitrogens with zero attached hydrogens (tertiary/aromatic N) is 2. The van der Waals surface area contributed by atoms with E-state index in [0.29, 0.717) is 5.69 Å². The maximum absolute atomic E-state index is 12.3. The number of fused-ring (bicyclic) bond motifs is 1. The zero-order valence-corrected chi connectivity index (χ0v) is 11.9. The summed E-state index contributed by atoms with van der Waals surface area (Å²) in [6, 6.07) is 6.49. The number of carbonyl (C=O) groups is 1. The van der Waals surface area contributed by atoms with Crippen LogP contribution in [0.1, 0.15) is 20.8 Å². The van der Waals surface area contributed by atoms with Gasteiger partial charge in [-0.2, -0.15) is 0 Å². The van der Waals surface area contributed by atoms with Crippen molar-refractivity contribution >= 4 is 27.8 Å². The quantitative estimate of drug-likeness (QED) is 0.831. The van der Waals surface area contributed by atoms with Crippen LogP contribution >= 0.6 is 0 Å². The third-order valence-corrected chi connectivity index (χ3v) is 4.66. The first-order chi connectivity index (χ1) is 8.73. The molecule has 1 aliphatic heterocycles. The number of hydrogen-bond donors (Lipinski definition) is 0. The van der Waals surface area contributed by atoms with Crippen molar-refractivity contribution in [2.75, 3.05) is 6.54 Å². The number of rotatable bonds is 2. The molecule has 2 rings (SSSR count). The Hall–Kier alpha value is -1.69. The number of benzene rings is 1. The zero-order valence-electron chi connectivity index (χ0n) is 11.1. The molecular formula is C13H16N2O3S. The molecule has 102 valence electrons. The van der Waals surface area contributed by atoms with Crippen LogP contribution in [0, 0.1) is 5.41 Å². The van der Waals surface area contributed by atoms with Crippen molar-refractivity contribution in [3.05, 3.63) is 24.3 Å². The van der Waals surface area contributed by atoms with Crippen LogP contribution in [0.4, 0.5) is 5.69 Å². The van der Waals surface area contributed by atoms with Crippen molar-refractivity contribution in [2.24, 2.45) is 10.4 Å². The van der Waals surface area contributed by atoms with E-state index in [9.17, 15) is 13.2 Å². The van der Waals surface area contributed by atoms with Gasteiger partial charge in [-0.3, -0.25) is 4.79 Å². The van der Waals surface area contributed by atoms with Crippen LogP contribution in [0.25, 0.3) is 0 Å². The molecule has 0 bridgehead atoms. The van der Waals surface area contributed by atoms with E-state index in [4.69, 9.17) is 0 Å². The van der Waals surface area contributed by atoms with E-state index in [1.165, 1.54) is 12.4 Å². The van der Waals surface area contributed by atoms with Crippen LogP contribution in [-0.4, -0.2) is 31.4 Å². The number of para-hydroxylation sites is 1. The predicted molar refractivity (Wildman–Crippen MR) is 72.9 cm³/mol. The number of hydrogen-bond acceptors (Lipinski definition) is 4. The van der Waals surface area contributed by atoms with Crippen LogP contribution in [-0.2, 0) is 14.8 Å². The van der Waals surface area contributed by atoms with Gasteiger partial charge in [-0.25, -0.2) is 17.7 Å². The van der Waals surface area contributed by atoms with E-state index in [-0.39, 0.29) is 17.2 Å². The van der Waals surface area contributed by atoms with Crippen molar-refractivity contribution in [1.29, 1.82) is 0 Å². The molecule has 0 aromatic heterocycles. The lowest BCUT2D eigenvalue weighted by atomic mass is 9.91. The van der Waals surface area contributed by atoms with Gasteiger partial charge in [0.25, 0.3) is 10.0 Å². The summed E-state index contributed by atoms with van der Waals surface area (Å²) in [4.78, 5) is 16.2. The molecule has 0 atom stereocenters. The van der Waals surface area contributed by atoms with Crippen molar-refractivity contribution in [2.45, 2.75) is 25.7 Å². The fourth-order valence-corrected chi connectivity index (χ4v) is 2.95. The summed E-state index contributed by atoms with van der Waals surface area (Å²) in [6.07, 6.45) is 1.21. The Kier molecular flexibility index (Phi) is 3.22. The van der Waals surface area contributed by atoms with Gasteiger partial charge in [0.05, 0.1) is 12.2 Å². The van der Waals surface area contributed by atoms with E-state index in [0.717, 1.165) is 4.31 Å². The molecule has 1 aromatic carbocycles. The molecule has 1 aromatic rings. The second kappa shape index (κ2) is 4.45. The molecule has 0 N–H and O–H groups in total. The topological polar surface area (TPSA) is 66.8 Å². The van der Waals surface area contributed by atoms with E-state index < -0.39 is 15.4 Å². The Bertz CT molecular complexity index is 642. The Labute approximate surface area is 113 Å². The van der Waals surface area contributed by atoms with Gasteiger partial charge in [-0.05, 0) is 12.1 Å². The first kappa shape index (κ1) is 13.7. The number of sulfonamides is 1. The Morgan fingerprint density at radius 3 is 2.53 bits per heavy atom. The van der Waals surface area contributed by atoms with Gasteiger partial charge in [0.2, 0.25) is 0 Å². The lowest BCUT2D eigenvalue weighted by Gasteiger charge is -2.26. The first-order valence-corrected chi connectivity index (χ1v) is 7.35. The highest BCUT2D eigenvalue weighted by atomic mass is 32.2. The molecule has 0 spiro atoms. The Morgan fingerprint density at radius 2 is 1.89 bits per heavy atom. The van der Waals surface area contributed by atoms with Crippen LogP contribution in [0.3, 0.4) is 0 Å². The van der Waals surface area contributed by atoms with Crippen LogP contribution in [0.15, 0.2) is 34.2 Å². The van der Waals surface area contributed by atoms with Crippen LogP contribution in [0.2, 0.25) is 0 Å². The van der Waals surface area contributed by atoms with E-state index in [1.54, 1.807) is 39.0 Å². The van der Waals surface area contributed by atoms with Gasteiger partial charge >= 0.3 is 0 Å². The molecular weight excluding hydrogens is 264 g/mol. The molecule has 6 heteroatoms. The molecule has 0 aliphatic carbocycles. The Balaban J connectivity index is 2.35. The van der Waals surface area contributed by atoms with Crippen LogP contribution < -0.4 is 0 Å². The summed E-state index contributed by atoms with van der Waals surface area (Å²) in [6.45, 7) is 5.09. The lowest BCUT2D eigenvalue weighted by Crippen LogP contribution is -2.40. The normalized spacial score (nSPS) is 17.1. The number of ketones is 1. The highest BCUT2D eigenvalue weighted by Crippen LogP contribution is 2.30. The minimum absolute atomic E-state index is 0.138. The number of carbonyl (C=O) groups excluding carboxylic acids is 1. The van der Waals surface area contributed by atoms with Crippen molar-refractivity contribution in [3.63, 3.8) is 0 Å². The fourth-order valence-electron chi connectivity index (χ4n) is 1.60. The molecule has 19 heavy (non-hydrogen) atoms. The van der Waals surface area contributed by atoms with Crippen molar-refractivity contribution in [1.82, 2.24) is 4.31 Å². The van der Waals surface area contributed by atoms with E-state index in [2.05, 4.69) is 4.99 Å². The summed E-state index contributed by atoms with van der Waals surface area (Å²) in [5, 5.41) is 0. The second-order valence-electron chi connectivity index (χ2n) is 5.44. The largest absolute Gasteiger partial charge is 0.297 e. The highest BCUT2D eigenvalue weighted by molar-refractivity contribution is 7.89. The third kappa shape index (κ3) is 2.53. The van der Waals surface area contributed by atoms with E-state index >= 15 is 0 Å². The molecule has 1 heterocycles. The summed E-state index contributed by atoms with van der Waals surface area (Å²) in [5.74, 6) is -0.151. The maximum Gasteiger partial charge on any atom is 0.267 e. The minimum Gasteiger partial charge on any atom is -0.297 e. The first-order valence-electron chi connectivity index (χ1n) is 5.91. The molecule has 0 amide bonds.